The molecule has 24 heavy (non-hydrogen) atoms. The SMILES string of the molecule is CC(C)(C)OC(=O)NCCCN1CCN(c2ccc(N)cn2)CC1. The molecule has 2 rings (SSSR count). The van der Waals surface area contributed by atoms with Crippen LogP contribution in [-0.4, -0.2) is 60.8 Å². The molecule has 1 aromatic rings. The van der Waals surface area contributed by atoms with E-state index in [1.165, 1.54) is 0 Å². The van der Waals surface area contributed by atoms with E-state index in [2.05, 4.69) is 20.1 Å². The molecule has 0 aromatic carbocycles. The highest BCUT2D eigenvalue weighted by atomic mass is 16.6. The Kier molecular flexibility index (Phi) is 6.25. The van der Waals surface area contributed by atoms with Crippen molar-refractivity contribution in [3.8, 4) is 0 Å². The highest BCUT2D eigenvalue weighted by Crippen LogP contribution is 2.14. The van der Waals surface area contributed by atoms with Crippen LogP contribution in [0.25, 0.3) is 0 Å². The first-order valence-corrected chi connectivity index (χ1v) is 8.49. The van der Waals surface area contributed by atoms with Crippen molar-refractivity contribution in [1.29, 1.82) is 0 Å². The Hall–Kier alpha value is -2.02. The predicted molar refractivity (Wildman–Crippen MR) is 96.2 cm³/mol. The molecule has 7 heteroatoms. The lowest BCUT2D eigenvalue weighted by atomic mass is 10.2. The fourth-order valence-electron chi connectivity index (χ4n) is 2.59. The van der Waals surface area contributed by atoms with Gasteiger partial charge in [0.15, 0.2) is 0 Å². The van der Waals surface area contributed by atoms with Crippen LogP contribution >= 0.6 is 0 Å². The number of nitrogen functional groups attached to an aromatic ring is 1. The summed E-state index contributed by atoms with van der Waals surface area (Å²) in [4.78, 5) is 20.6. The van der Waals surface area contributed by atoms with E-state index in [9.17, 15) is 4.79 Å². The Morgan fingerprint density at radius 2 is 2.00 bits per heavy atom. The highest BCUT2D eigenvalue weighted by molar-refractivity contribution is 5.67. The predicted octanol–water partition coefficient (Wildman–Crippen LogP) is 1.70. The van der Waals surface area contributed by atoms with Crippen molar-refractivity contribution in [2.75, 3.05) is 49.9 Å². The van der Waals surface area contributed by atoms with Crippen LogP contribution in [0.4, 0.5) is 16.3 Å². The topological polar surface area (TPSA) is 83.7 Å². The van der Waals surface area contributed by atoms with Crippen molar-refractivity contribution in [3.05, 3.63) is 18.3 Å². The lowest BCUT2D eigenvalue weighted by Crippen LogP contribution is -2.47. The summed E-state index contributed by atoms with van der Waals surface area (Å²) in [5.74, 6) is 0.982. The first kappa shape index (κ1) is 18.3. The summed E-state index contributed by atoms with van der Waals surface area (Å²) in [6, 6.07) is 3.85. The third-order valence-corrected chi connectivity index (χ3v) is 3.79. The number of hydrogen-bond acceptors (Lipinski definition) is 6. The van der Waals surface area contributed by atoms with Gasteiger partial charge in [0.2, 0.25) is 0 Å². The number of nitrogens with zero attached hydrogens (tertiary/aromatic N) is 3. The van der Waals surface area contributed by atoms with Gasteiger partial charge in [0.25, 0.3) is 0 Å². The number of nitrogens with one attached hydrogen (secondary N) is 1. The van der Waals surface area contributed by atoms with Gasteiger partial charge in [-0.25, -0.2) is 9.78 Å². The van der Waals surface area contributed by atoms with Gasteiger partial charge in [0.05, 0.1) is 11.9 Å². The van der Waals surface area contributed by atoms with Gasteiger partial charge in [-0.15, -0.1) is 0 Å². The Bertz CT molecular complexity index is 519. The summed E-state index contributed by atoms with van der Waals surface area (Å²) in [5.41, 5.74) is 5.92. The van der Waals surface area contributed by atoms with E-state index in [1.807, 2.05) is 32.9 Å². The zero-order valence-corrected chi connectivity index (χ0v) is 14.9. The molecule has 1 aromatic heterocycles. The first-order chi connectivity index (χ1) is 11.3. The Morgan fingerprint density at radius 3 is 2.58 bits per heavy atom. The second kappa shape index (κ2) is 8.19. The summed E-state index contributed by atoms with van der Waals surface area (Å²) in [7, 11) is 0. The summed E-state index contributed by atoms with van der Waals surface area (Å²) in [5, 5.41) is 2.80. The van der Waals surface area contributed by atoms with E-state index in [4.69, 9.17) is 10.5 Å². The average molecular weight is 335 g/mol. The Morgan fingerprint density at radius 1 is 1.29 bits per heavy atom. The summed E-state index contributed by atoms with van der Waals surface area (Å²) < 4.78 is 5.22. The molecule has 0 atom stereocenters. The standard InChI is InChI=1S/C17H29N5O2/c1-17(2,3)24-16(23)19-7-4-8-21-9-11-22(12-10-21)15-6-5-14(18)13-20-15/h5-6,13H,4,7-12,18H2,1-3H3,(H,19,23). The summed E-state index contributed by atoms with van der Waals surface area (Å²) >= 11 is 0. The van der Waals surface area contributed by atoms with Crippen molar-refractivity contribution in [1.82, 2.24) is 15.2 Å². The van der Waals surface area contributed by atoms with Crippen LogP contribution in [0.1, 0.15) is 27.2 Å². The van der Waals surface area contributed by atoms with Gasteiger partial charge >= 0.3 is 6.09 Å². The third-order valence-electron chi connectivity index (χ3n) is 3.79. The maximum Gasteiger partial charge on any atom is 0.407 e. The molecule has 0 aliphatic carbocycles. The molecule has 2 heterocycles. The Labute approximate surface area is 144 Å². The summed E-state index contributed by atoms with van der Waals surface area (Å²) in [6.07, 6.45) is 2.27. The normalized spacial score (nSPS) is 16.0. The molecule has 1 aliphatic rings. The number of piperazine rings is 1. The molecular formula is C17H29N5O2. The average Bonchev–Trinajstić information content (AvgIpc) is 2.51. The number of aromatic nitrogens is 1. The van der Waals surface area contributed by atoms with E-state index >= 15 is 0 Å². The van der Waals surface area contributed by atoms with E-state index in [1.54, 1.807) is 6.20 Å². The highest BCUT2D eigenvalue weighted by Gasteiger charge is 2.18. The molecule has 0 spiro atoms. The molecule has 3 N–H and O–H groups in total. The molecule has 7 nitrogen and oxygen atoms in total. The van der Waals surface area contributed by atoms with Gasteiger partial charge in [0.1, 0.15) is 11.4 Å². The first-order valence-electron chi connectivity index (χ1n) is 8.49. The van der Waals surface area contributed by atoms with E-state index in [0.717, 1.165) is 45.0 Å². The molecule has 0 radical (unpaired) electrons. The van der Waals surface area contributed by atoms with Crippen LogP contribution in [0.5, 0.6) is 0 Å². The van der Waals surface area contributed by atoms with Crippen LogP contribution in [0, 0.1) is 0 Å². The molecule has 1 fully saturated rings. The maximum atomic E-state index is 11.6. The number of anilines is 2. The van der Waals surface area contributed by atoms with Crippen LogP contribution in [0.3, 0.4) is 0 Å². The van der Waals surface area contributed by atoms with Crippen molar-refractivity contribution in [3.63, 3.8) is 0 Å². The summed E-state index contributed by atoms with van der Waals surface area (Å²) in [6.45, 7) is 11.1. The molecule has 0 unspecified atom stereocenters. The minimum absolute atomic E-state index is 0.346. The minimum Gasteiger partial charge on any atom is -0.444 e. The smallest absolute Gasteiger partial charge is 0.407 e. The van der Waals surface area contributed by atoms with Crippen LogP contribution in [0.2, 0.25) is 0 Å². The minimum atomic E-state index is -0.448. The lowest BCUT2D eigenvalue weighted by molar-refractivity contribution is 0.0525. The van der Waals surface area contributed by atoms with E-state index < -0.39 is 5.60 Å². The fraction of sp³-hybridized carbons (Fsp3) is 0.647. The van der Waals surface area contributed by atoms with Gasteiger partial charge in [0, 0.05) is 32.7 Å². The number of alkyl carbamates (subject to hydrolysis) is 1. The van der Waals surface area contributed by atoms with Crippen molar-refractivity contribution in [2.24, 2.45) is 0 Å². The maximum absolute atomic E-state index is 11.6. The molecule has 1 saturated heterocycles. The van der Waals surface area contributed by atoms with Gasteiger partial charge < -0.3 is 20.7 Å². The van der Waals surface area contributed by atoms with Crippen molar-refractivity contribution < 1.29 is 9.53 Å². The fourth-order valence-corrected chi connectivity index (χ4v) is 2.59. The number of carbonyl (C=O) groups excluding carboxylic acids is 1. The number of amides is 1. The number of pyridine rings is 1. The second-order valence-corrected chi connectivity index (χ2v) is 7.06. The lowest BCUT2D eigenvalue weighted by Gasteiger charge is -2.35. The molecule has 0 saturated carbocycles. The zero-order chi connectivity index (χ0) is 17.6. The molecule has 0 bridgehead atoms. The Balaban J connectivity index is 1.61. The van der Waals surface area contributed by atoms with Crippen LogP contribution in [0.15, 0.2) is 18.3 Å². The number of hydrogen-bond donors (Lipinski definition) is 2. The van der Waals surface area contributed by atoms with E-state index in [-0.39, 0.29) is 6.09 Å². The van der Waals surface area contributed by atoms with Gasteiger partial charge in [-0.2, -0.15) is 0 Å². The van der Waals surface area contributed by atoms with Crippen molar-refractivity contribution in [2.45, 2.75) is 32.8 Å². The number of ether oxygens (including phenoxy) is 1. The van der Waals surface area contributed by atoms with Gasteiger partial charge in [-0.1, -0.05) is 0 Å². The van der Waals surface area contributed by atoms with Gasteiger partial charge in [-0.05, 0) is 45.9 Å². The van der Waals surface area contributed by atoms with E-state index in [0.29, 0.717) is 12.2 Å². The third kappa shape index (κ3) is 6.23. The number of carbonyl (C=O) groups is 1. The molecule has 1 aliphatic heterocycles. The molecule has 134 valence electrons. The molecule has 1 amide bonds. The second-order valence-electron chi connectivity index (χ2n) is 7.06. The van der Waals surface area contributed by atoms with Gasteiger partial charge in [-0.3, -0.25) is 4.90 Å². The number of nitrogens with two attached hydrogens (primary N) is 1. The van der Waals surface area contributed by atoms with Crippen LogP contribution < -0.4 is 16.0 Å². The zero-order valence-electron chi connectivity index (χ0n) is 14.9. The quantitative estimate of drug-likeness (QED) is 0.797. The number of rotatable bonds is 5. The largest absolute Gasteiger partial charge is 0.444 e. The van der Waals surface area contributed by atoms with Crippen molar-refractivity contribution >= 4 is 17.6 Å². The van der Waals surface area contributed by atoms with Crippen LogP contribution in [-0.2, 0) is 4.74 Å². The molecular weight excluding hydrogens is 306 g/mol. The monoisotopic (exact) mass is 335 g/mol.